The van der Waals surface area contributed by atoms with E-state index < -0.39 is 6.04 Å². The predicted molar refractivity (Wildman–Crippen MR) is 121 cm³/mol. The van der Waals surface area contributed by atoms with Crippen LogP contribution < -0.4 is 20.1 Å². The number of anilines is 1. The second-order valence-electron chi connectivity index (χ2n) is 7.51. The summed E-state index contributed by atoms with van der Waals surface area (Å²) in [5.74, 6) is 1.36. The highest BCUT2D eigenvalue weighted by Gasteiger charge is 2.36. The minimum Gasteiger partial charge on any atom is -0.493 e. The third kappa shape index (κ3) is 4.03. The smallest absolute Gasteiger partial charge is 0.251 e. The summed E-state index contributed by atoms with van der Waals surface area (Å²) in [6.45, 7) is 2.42. The Morgan fingerprint density at radius 3 is 2.56 bits per heavy atom. The molecule has 8 heteroatoms. The minimum absolute atomic E-state index is 0.0157. The average molecular weight is 434 g/mol. The highest BCUT2D eigenvalue weighted by atomic mass is 16.5. The molecule has 32 heavy (non-hydrogen) atoms. The summed E-state index contributed by atoms with van der Waals surface area (Å²) in [5, 5.41) is 10.5. The van der Waals surface area contributed by atoms with E-state index in [-0.39, 0.29) is 18.2 Å². The number of carbonyl (C=O) groups is 2. The van der Waals surface area contributed by atoms with Crippen LogP contribution in [0.4, 0.5) is 5.82 Å². The van der Waals surface area contributed by atoms with E-state index >= 15 is 0 Å². The van der Waals surface area contributed by atoms with Crippen molar-refractivity contribution in [2.24, 2.45) is 0 Å². The number of aryl methyl sites for hydroxylation is 1. The molecule has 0 saturated heterocycles. The van der Waals surface area contributed by atoms with Crippen molar-refractivity contribution in [3.63, 3.8) is 0 Å². The summed E-state index contributed by atoms with van der Waals surface area (Å²) >= 11 is 0. The first-order valence-corrected chi connectivity index (χ1v) is 10.5. The summed E-state index contributed by atoms with van der Waals surface area (Å²) < 4.78 is 12.4. The molecule has 1 unspecified atom stereocenters. The van der Waals surface area contributed by atoms with Gasteiger partial charge in [-0.2, -0.15) is 5.10 Å². The van der Waals surface area contributed by atoms with Crippen LogP contribution in [-0.4, -0.2) is 35.8 Å². The quantitative estimate of drug-likeness (QED) is 0.567. The molecule has 0 radical (unpaired) electrons. The first-order chi connectivity index (χ1) is 15.5. The molecule has 1 aliphatic rings. The lowest BCUT2D eigenvalue weighted by Gasteiger charge is -2.10. The highest BCUT2D eigenvalue weighted by molar-refractivity contribution is 6.03. The number of ether oxygens (including phenoxy) is 2. The van der Waals surface area contributed by atoms with Crippen LogP contribution in [0.1, 0.15) is 30.6 Å². The van der Waals surface area contributed by atoms with Crippen molar-refractivity contribution in [2.75, 3.05) is 19.5 Å². The van der Waals surface area contributed by atoms with Gasteiger partial charge in [-0.3, -0.25) is 9.59 Å². The molecule has 0 bridgehead atoms. The van der Waals surface area contributed by atoms with Gasteiger partial charge in [0.15, 0.2) is 11.5 Å². The third-order valence-corrected chi connectivity index (χ3v) is 5.54. The number of hydrogen-bond donors (Lipinski definition) is 2. The zero-order chi connectivity index (χ0) is 22.7. The van der Waals surface area contributed by atoms with Gasteiger partial charge in [0.2, 0.25) is 5.91 Å². The highest BCUT2D eigenvalue weighted by Crippen LogP contribution is 2.41. The number of methoxy groups -OCH3 is 2. The van der Waals surface area contributed by atoms with Gasteiger partial charge < -0.3 is 20.1 Å². The van der Waals surface area contributed by atoms with Crippen molar-refractivity contribution in [3.8, 4) is 22.6 Å². The van der Waals surface area contributed by atoms with E-state index in [9.17, 15) is 9.59 Å². The zero-order valence-electron chi connectivity index (χ0n) is 18.3. The van der Waals surface area contributed by atoms with Crippen molar-refractivity contribution in [2.45, 2.75) is 32.4 Å². The summed E-state index contributed by atoms with van der Waals surface area (Å²) in [7, 11) is 3.16. The van der Waals surface area contributed by atoms with E-state index in [1.807, 2.05) is 55.5 Å². The predicted octanol–water partition coefficient (Wildman–Crippen LogP) is 3.33. The number of amides is 2. The molecular formula is C24H26N4O4. The van der Waals surface area contributed by atoms with Gasteiger partial charge in [-0.25, -0.2) is 4.68 Å². The fraction of sp³-hybridized carbons (Fsp3) is 0.292. The van der Waals surface area contributed by atoms with E-state index in [2.05, 4.69) is 15.7 Å². The molecule has 1 aromatic heterocycles. The fourth-order valence-corrected chi connectivity index (χ4v) is 3.90. The van der Waals surface area contributed by atoms with Gasteiger partial charge in [-0.05, 0) is 29.7 Å². The van der Waals surface area contributed by atoms with Gasteiger partial charge >= 0.3 is 0 Å². The minimum atomic E-state index is -0.694. The lowest BCUT2D eigenvalue weighted by atomic mass is 10.0. The van der Waals surface area contributed by atoms with Crippen LogP contribution in [0.15, 0.2) is 48.5 Å². The Hall–Kier alpha value is -3.81. The van der Waals surface area contributed by atoms with Gasteiger partial charge in [-0.15, -0.1) is 0 Å². The number of fused-ring (bicyclic) bond motifs is 1. The van der Waals surface area contributed by atoms with Crippen molar-refractivity contribution in [1.82, 2.24) is 15.1 Å². The van der Waals surface area contributed by atoms with Crippen molar-refractivity contribution in [3.05, 3.63) is 59.8 Å². The standard InChI is InChI=1S/C24H26N4O4/c1-4-17-22(16-10-11-19(31-2)20(12-16)32-3)23-26-24(30)18(28(23)27-17)13-21(29)25-14-15-8-6-5-7-9-15/h5-12,18H,4,13-14H2,1-3H3,(H,25,29)(H,26,30). The Kier molecular flexibility index (Phi) is 6.11. The van der Waals surface area contributed by atoms with Crippen molar-refractivity contribution < 1.29 is 19.1 Å². The van der Waals surface area contributed by atoms with Gasteiger partial charge in [0.1, 0.15) is 11.9 Å². The molecule has 4 rings (SSSR count). The average Bonchev–Trinajstić information content (AvgIpc) is 3.32. The van der Waals surface area contributed by atoms with E-state index in [0.29, 0.717) is 30.3 Å². The molecule has 166 valence electrons. The molecule has 2 N–H and O–H groups in total. The molecule has 2 amide bonds. The van der Waals surface area contributed by atoms with Crippen LogP contribution in [0.3, 0.4) is 0 Å². The van der Waals surface area contributed by atoms with Crippen LogP contribution in [-0.2, 0) is 22.6 Å². The molecule has 2 aromatic carbocycles. The van der Waals surface area contributed by atoms with Crippen molar-refractivity contribution in [1.29, 1.82) is 0 Å². The van der Waals surface area contributed by atoms with Gasteiger partial charge in [0.25, 0.3) is 5.91 Å². The maximum Gasteiger partial charge on any atom is 0.251 e. The molecule has 2 heterocycles. The number of benzene rings is 2. The number of nitrogens with one attached hydrogen (secondary N) is 2. The van der Waals surface area contributed by atoms with Crippen LogP contribution >= 0.6 is 0 Å². The maximum atomic E-state index is 12.7. The Balaban J connectivity index is 1.59. The number of aromatic nitrogens is 2. The normalized spacial score (nSPS) is 14.6. The molecule has 1 atom stereocenters. The number of carbonyl (C=O) groups excluding carboxylic acids is 2. The van der Waals surface area contributed by atoms with Gasteiger partial charge in [-0.1, -0.05) is 43.3 Å². The summed E-state index contributed by atoms with van der Waals surface area (Å²) in [6, 6.07) is 14.5. The van der Waals surface area contributed by atoms with E-state index in [1.165, 1.54) is 0 Å². The van der Waals surface area contributed by atoms with E-state index in [4.69, 9.17) is 9.47 Å². The Labute approximate surface area is 186 Å². The van der Waals surface area contributed by atoms with Gasteiger partial charge in [0.05, 0.1) is 26.3 Å². The molecular weight excluding hydrogens is 408 g/mol. The third-order valence-electron chi connectivity index (χ3n) is 5.54. The fourth-order valence-electron chi connectivity index (χ4n) is 3.90. The summed E-state index contributed by atoms with van der Waals surface area (Å²) in [5.41, 5.74) is 3.52. The van der Waals surface area contributed by atoms with E-state index in [0.717, 1.165) is 22.4 Å². The van der Waals surface area contributed by atoms with Gasteiger partial charge in [0, 0.05) is 12.1 Å². The number of hydrogen-bond acceptors (Lipinski definition) is 5. The molecule has 3 aromatic rings. The summed E-state index contributed by atoms with van der Waals surface area (Å²) in [4.78, 5) is 25.3. The summed E-state index contributed by atoms with van der Waals surface area (Å²) in [6.07, 6.45) is 0.689. The lowest BCUT2D eigenvalue weighted by molar-refractivity contribution is -0.126. The molecule has 0 spiro atoms. The monoisotopic (exact) mass is 434 g/mol. The first kappa shape index (κ1) is 21.4. The molecule has 0 aliphatic carbocycles. The van der Waals surface area contributed by atoms with Crippen LogP contribution in [0.5, 0.6) is 11.5 Å². The molecule has 8 nitrogen and oxygen atoms in total. The molecule has 0 saturated carbocycles. The topological polar surface area (TPSA) is 94.5 Å². The molecule has 0 fully saturated rings. The maximum absolute atomic E-state index is 12.7. The van der Waals surface area contributed by atoms with Crippen molar-refractivity contribution >= 4 is 17.6 Å². The van der Waals surface area contributed by atoms with E-state index in [1.54, 1.807) is 18.9 Å². The first-order valence-electron chi connectivity index (χ1n) is 10.5. The SMILES string of the molecule is CCc1nn2c(c1-c1ccc(OC)c(OC)c1)NC(=O)C2CC(=O)NCc1ccccc1. The second-order valence-corrected chi connectivity index (χ2v) is 7.51. The zero-order valence-corrected chi connectivity index (χ0v) is 18.3. The number of nitrogens with zero attached hydrogens (tertiary/aromatic N) is 2. The van der Waals surface area contributed by atoms with Crippen LogP contribution in [0.2, 0.25) is 0 Å². The number of rotatable bonds is 8. The van der Waals surface area contributed by atoms with Crippen LogP contribution in [0, 0.1) is 0 Å². The second kappa shape index (κ2) is 9.13. The Bertz CT molecular complexity index is 1140. The Morgan fingerprint density at radius 1 is 1.12 bits per heavy atom. The Morgan fingerprint density at radius 2 is 1.88 bits per heavy atom. The molecule has 1 aliphatic heterocycles. The lowest BCUT2D eigenvalue weighted by Crippen LogP contribution is -2.28. The largest absolute Gasteiger partial charge is 0.493 e. The van der Waals surface area contributed by atoms with Crippen LogP contribution in [0.25, 0.3) is 11.1 Å².